The monoisotopic (exact) mass is 401 g/mol. The molecule has 0 radical (unpaired) electrons. The van der Waals surface area contributed by atoms with Crippen molar-refractivity contribution in [3.8, 4) is 0 Å². The summed E-state index contributed by atoms with van der Waals surface area (Å²) in [7, 11) is 1.79. The van der Waals surface area contributed by atoms with E-state index in [2.05, 4.69) is 26.1 Å². The lowest BCUT2D eigenvalue weighted by atomic mass is 10.3. The van der Waals surface area contributed by atoms with Crippen molar-refractivity contribution in [1.82, 2.24) is 19.6 Å². The minimum absolute atomic E-state index is 0.247. The Balaban J connectivity index is 1.77. The highest BCUT2D eigenvalue weighted by atomic mass is 35.5. The lowest BCUT2D eigenvalue weighted by Crippen LogP contribution is -2.23. The molecule has 0 aliphatic heterocycles. The quantitative estimate of drug-likeness (QED) is 0.608. The third kappa shape index (κ3) is 4.15. The second kappa shape index (κ2) is 8.13. The topological polar surface area (TPSA) is 106 Å². The van der Waals surface area contributed by atoms with Crippen LogP contribution < -0.4 is 16.0 Å². The van der Waals surface area contributed by atoms with E-state index in [1.54, 1.807) is 42.2 Å². The summed E-state index contributed by atoms with van der Waals surface area (Å²) in [6.45, 7) is 4.17. The standard InChI is InChI=1S/C18H20ClN7O2/c1-4-26-16(17(27)23-14-9-20-25(3)11(14)2)15(10-21-26)24-18(28)22-13-7-5-12(19)6-8-13/h5-10H,4H2,1-3H3,(H,23,27)(H2,22,24,28). The third-order valence-corrected chi connectivity index (χ3v) is 4.44. The molecule has 10 heteroatoms. The van der Waals surface area contributed by atoms with Crippen molar-refractivity contribution in [3.63, 3.8) is 0 Å². The molecule has 9 nitrogen and oxygen atoms in total. The minimum atomic E-state index is -0.496. The number of hydrogen-bond acceptors (Lipinski definition) is 4. The van der Waals surface area contributed by atoms with Gasteiger partial charge in [0.05, 0.1) is 29.5 Å². The first-order chi connectivity index (χ1) is 13.4. The van der Waals surface area contributed by atoms with Crippen LogP contribution in [0.25, 0.3) is 0 Å². The van der Waals surface area contributed by atoms with E-state index in [1.165, 1.54) is 10.9 Å². The van der Waals surface area contributed by atoms with Crippen molar-refractivity contribution in [2.24, 2.45) is 7.05 Å². The first kappa shape index (κ1) is 19.4. The van der Waals surface area contributed by atoms with Gasteiger partial charge in [0.15, 0.2) is 0 Å². The van der Waals surface area contributed by atoms with Crippen molar-refractivity contribution in [1.29, 1.82) is 0 Å². The number of carbonyl (C=O) groups excluding carboxylic acids is 2. The molecule has 2 heterocycles. The van der Waals surface area contributed by atoms with Gasteiger partial charge in [-0.15, -0.1) is 0 Å². The Labute approximate surface area is 166 Å². The largest absolute Gasteiger partial charge is 0.323 e. The van der Waals surface area contributed by atoms with Crippen LogP contribution in [0.15, 0.2) is 36.7 Å². The van der Waals surface area contributed by atoms with E-state index in [9.17, 15) is 9.59 Å². The summed E-state index contributed by atoms with van der Waals surface area (Å²) in [5.74, 6) is -0.391. The van der Waals surface area contributed by atoms with E-state index in [-0.39, 0.29) is 5.69 Å². The Kier molecular flexibility index (Phi) is 5.65. The van der Waals surface area contributed by atoms with Gasteiger partial charge < -0.3 is 16.0 Å². The highest BCUT2D eigenvalue weighted by molar-refractivity contribution is 6.30. The average molecular weight is 402 g/mol. The molecule has 0 bridgehead atoms. The molecule has 0 aliphatic rings. The van der Waals surface area contributed by atoms with Crippen molar-refractivity contribution in [3.05, 3.63) is 53.1 Å². The second-order valence-electron chi connectivity index (χ2n) is 6.03. The summed E-state index contributed by atoms with van der Waals surface area (Å²) >= 11 is 5.84. The number of urea groups is 1. The fourth-order valence-corrected chi connectivity index (χ4v) is 2.70. The van der Waals surface area contributed by atoms with Crippen LogP contribution in [0.4, 0.5) is 21.9 Å². The summed E-state index contributed by atoms with van der Waals surface area (Å²) in [6, 6.07) is 6.19. The minimum Gasteiger partial charge on any atom is -0.318 e. The molecule has 3 amide bonds. The summed E-state index contributed by atoms with van der Waals surface area (Å²) < 4.78 is 3.17. The number of aromatic nitrogens is 4. The molecule has 0 atom stereocenters. The van der Waals surface area contributed by atoms with Crippen LogP contribution in [0.2, 0.25) is 5.02 Å². The predicted octanol–water partition coefficient (Wildman–Crippen LogP) is 3.49. The van der Waals surface area contributed by atoms with E-state index in [4.69, 9.17) is 11.6 Å². The van der Waals surface area contributed by atoms with E-state index in [1.807, 2.05) is 13.8 Å². The summed E-state index contributed by atoms with van der Waals surface area (Å²) in [5, 5.41) is 17.0. The van der Waals surface area contributed by atoms with Crippen LogP contribution in [0.5, 0.6) is 0 Å². The number of benzene rings is 1. The number of nitrogens with zero attached hydrogens (tertiary/aromatic N) is 4. The highest BCUT2D eigenvalue weighted by Gasteiger charge is 2.21. The van der Waals surface area contributed by atoms with Crippen molar-refractivity contribution in [2.45, 2.75) is 20.4 Å². The number of halogens is 1. The fraction of sp³-hybridized carbons (Fsp3) is 0.222. The van der Waals surface area contributed by atoms with Gasteiger partial charge in [0.25, 0.3) is 5.91 Å². The number of carbonyl (C=O) groups is 2. The molecular formula is C18H20ClN7O2. The predicted molar refractivity (Wildman–Crippen MR) is 108 cm³/mol. The zero-order valence-electron chi connectivity index (χ0n) is 15.7. The molecule has 0 saturated heterocycles. The molecule has 0 aliphatic carbocycles. The van der Waals surface area contributed by atoms with Crippen LogP contribution in [-0.4, -0.2) is 31.5 Å². The second-order valence-corrected chi connectivity index (χ2v) is 6.47. The van der Waals surface area contributed by atoms with Crippen LogP contribution in [0.1, 0.15) is 23.1 Å². The van der Waals surface area contributed by atoms with Gasteiger partial charge in [-0.05, 0) is 38.1 Å². The molecule has 3 rings (SSSR count). The van der Waals surface area contributed by atoms with Gasteiger partial charge in [0, 0.05) is 24.3 Å². The lowest BCUT2D eigenvalue weighted by Gasteiger charge is -2.10. The molecule has 3 N–H and O–H groups in total. The van der Waals surface area contributed by atoms with Gasteiger partial charge in [0.1, 0.15) is 5.69 Å². The molecule has 0 unspecified atom stereocenters. The molecule has 28 heavy (non-hydrogen) atoms. The Bertz CT molecular complexity index is 1010. The number of hydrogen-bond donors (Lipinski definition) is 3. The van der Waals surface area contributed by atoms with Crippen molar-refractivity contribution < 1.29 is 9.59 Å². The van der Waals surface area contributed by atoms with Crippen LogP contribution >= 0.6 is 11.6 Å². The summed E-state index contributed by atoms with van der Waals surface area (Å²) in [4.78, 5) is 25.1. The number of nitrogens with one attached hydrogen (secondary N) is 3. The first-order valence-electron chi connectivity index (χ1n) is 8.58. The van der Waals surface area contributed by atoms with Gasteiger partial charge in [-0.1, -0.05) is 11.6 Å². The van der Waals surface area contributed by atoms with Gasteiger partial charge in [-0.2, -0.15) is 10.2 Å². The van der Waals surface area contributed by atoms with Crippen LogP contribution in [0, 0.1) is 6.92 Å². The van der Waals surface area contributed by atoms with Crippen molar-refractivity contribution in [2.75, 3.05) is 16.0 Å². The number of anilines is 3. The molecule has 146 valence electrons. The normalized spacial score (nSPS) is 10.6. The molecule has 1 aromatic carbocycles. The van der Waals surface area contributed by atoms with E-state index < -0.39 is 11.9 Å². The number of amides is 3. The zero-order chi connectivity index (χ0) is 20.3. The SMILES string of the molecule is CCn1ncc(NC(=O)Nc2ccc(Cl)cc2)c1C(=O)Nc1cnn(C)c1C. The molecule has 3 aromatic rings. The van der Waals surface area contributed by atoms with E-state index >= 15 is 0 Å². The summed E-state index contributed by atoms with van der Waals surface area (Å²) in [5.41, 5.74) is 2.52. The van der Waals surface area contributed by atoms with E-state index in [0.29, 0.717) is 28.6 Å². The first-order valence-corrected chi connectivity index (χ1v) is 8.96. The maximum Gasteiger partial charge on any atom is 0.323 e. The Morgan fingerprint density at radius 2 is 1.71 bits per heavy atom. The average Bonchev–Trinajstić information content (AvgIpc) is 3.21. The lowest BCUT2D eigenvalue weighted by molar-refractivity contribution is 0.101. The Hall–Kier alpha value is -3.33. The van der Waals surface area contributed by atoms with Gasteiger partial charge in [-0.25, -0.2) is 4.79 Å². The Morgan fingerprint density at radius 3 is 2.32 bits per heavy atom. The number of aryl methyl sites for hydroxylation is 2. The maximum absolute atomic E-state index is 12.8. The molecule has 0 fully saturated rings. The highest BCUT2D eigenvalue weighted by Crippen LogP contribution is 2.20. The Morgan fingerprint density at radius 1 is 1.04 bits per heavy atom. The molecule has 0 spiro atoms. The summed E-state index contributed by atoms with van der Waals surface area (Å²) in [6.07, 6.45) is 3.01. The zero-order valence-corrected chi connectivity index (χ0v) is 16.4. The molecular weight excluding hydrogens is 382 g/mol. The smallest absolute Gasteiger partial charge is 0.318 e. The fourth-order valence-electron chi connectivity index (χ4n) is 2.58. The van der Waals surface area contributed by atoms with Gasteiger partial charge in [-0.3, -0.25) is 14.2 Å². The maximum atomic E-state index is 12.8. The number of rotatable bonds is 5. The van der Waals surface area contributed by atoms with Gasteiger partial charge in [0.2, 0.25) is 0 Å². The van der Waals surface area contributed by atoms with Gasteiger partial charge >= 0.3 is 6.03 Å². The van der Waals surface area contributed by atoms with Crippen LogP contribution in [0.3, 0.4) is 0 Å². The molecule has 0 saturated carbocycles. The van der Waals surface area contributed by atoms with E-state index in [0.717, 1.165) is 5.69 Å². The third-order valence-electron chi connectivity index (χ3n) is 4.19. The van der Waals surface area contributed by atoms with Crippen LogP contribution in [-0.2, 0) is 13.6 Å². The van der Waals surface area contributed by atoms with Crippen molar-refractivity contribution >= 4 is 40.6 Å². The molecule has 2 aromatic heterocycles.